The molecule has 0 spiro atoms. The van der Waals surface area contributed by atoms with Crippen LogP contribution in [0.5, 0.6) is 5.75 Å². The number of amides is 1. The quantitative estimate of drug-likeness (QED) is 0.222. The second kappa shape index (κ2) is 11.7. The molecule has 0 aliphatic carbocycles. The molecular formula is C25H25BrClNO4S. The van der Waals surface area contributed by atoms with E-state index in [2.05, 4.69) is 21.2 Å². The summed E-state index contributed by atoms with van der Waals surface area (Å²) >= 11 is 11.1. The Balaban J connectivity index is 1.63. The lowest BCUT2D eigenvalue weighted by Gasteiger charge is -2.13. The lowest BCUT2D eigenvalue weighted by atomic mass is 10.1. The highest BCUT2D eigenvalue weighted by Crippen LogP contribution is 2.37. The number of carbonyl (C=O) groups is 2. The van der Waals surface area contributed by atoms with Crippen LogP contribution in [-0.4, -0.2) is 25.1 Å². The normalized spacial score (nSPS) is 10.7. The first-order chi connectivity index (χ1) is 15.8. The zero-order valence-electron chi connectivity index (χ0n) is 18.7. The first-order valence-corrected chi connectivity index (χ1v) is 12.5. The average molecular weight is 551 g/mol. The van der Waals surface area contributed by atoms with Gasteiger partial charge in [0.25, 0.3) is 0 Å². The zero-order chi connectivity index (χ0) is 24.0. The summed E-state index contributed by atoms with van der Waals surface area (Å²) in [5.74, 6) is 0.0613. The molecule has 0 aliphatic rings. The number of ether oxygens (including phenoxy) is 2. The van der Waals surface area contributed by atoms with Crippen molar-refractivity contribution in [2.45, 2.75) is 33.6 Å². The van der Waals surface area contributed by atoms with E-state index in [9.17, 15) is 9.59 Å². The van der Waals surface area contributed by atoms with Crippen LogP contribution in [-0.2, 0) is 9.53 Å². The van der Waals surface area contributed by atoms with Gasteiger partial charge in [-0.15, -0.1) is 11.3 Å². The average Bonchev–Trinajstić information content (AvgIpc) is 3.23. The van der Waals surface area contributed by atoms with Gasteiger partial charge in [-0.1, -0.05) is 41.9 Å². The number of hydrogen-bond donors (Lipinski definition) is 1. The Morgan fingerprint density at radius 3 is 2.58 bits per heavy atom. The Morgan fingerprint density at radius 1 is 1.15 bits per heavy atom. The number of aryl methyl sites for hydroxylation is 1. The fourth-order valence-corrected chi connectivity index (χ4v) is 4.96. The third kappa shape index (κ3) is 6.37. The van der Waals surface area contributed by atoms with E-state index in [0.29, 0.717) is 34.4 Å². The van der Waals surface area contributed by atoms with E-state index in [1.54, 1.807) is 13.0 Å². The highest BCUT2D eigenvalue weighted by Gasteiger charge is 2.20. The van der Waals surface area contributed by atoms with E-state index in [0.717, 1.165) is 26.0 Å². The minimum Gasteiger partial charge on any atom is -0.492 e. The third-order valence-electron chi connectivity index (χ3n) is 4.91. The summed E-state index contributed by atoms with van der Waals surface area (Å²) in [7, 11) is 0. The molecule has 0 fully saturated rings. The van der Waals surface area contributed by atoms with Crippen molar-refractivity contribution in [1.29, 1.82) is 0 Å². The van der Waals surface area contributed by atoms with E-state index < -0.39 is 5.97 Å². The minimum atomic E-state index is -0.451. The molecule has 0 radical (unpaired) electrons. The topological polar surface area (TPSA) is 64.6 Å². The molecule has 33 heavy (non-hydrogen) atoms. The number of benzene rings is 2. The van der Waals surface area contributed by atoms with Crippen molar-refractivity contribution in [3.63, 3.8) is 0 Å². The number of hydrogen-bond acceptors (Lipinski definition) is 5. The van der Waals surface area contributed by atoms with Crippen molar-refractivity contribution in [2.75, 3.05) is 18.5 Å². The number of carbonyl (C=O) groups excluding carboxylic acids is 2. The number of halogens is 2. The molecule has 0 unspecified atom stereocenters. The lowest BCUT2D eigenvalue weighted by Crippen LogP contribution is -2.15. The predicted molar refractivity (Wildman–Crippen MR) is 138 cm³/mol. The molecule has 1 N–H and O–H groups in total. The first-order valence-electron chi connectivity index (χ1n) is 10.6. The van der Waals surface area contributed by atoms with Crippen LogP contribution in [0.3, 0.4) is 0 Å². The van der Waals surface area contributed by atoms with Crippen LogP contribution >= 0.6 is 38.9 Å². The number of esters is 1. The van der Waals surface area contributed by atoms with Gasteiger partial charge >= 0.3 is 5.97 Å². The Morgan fingerprint density at radius 2 is 1.88 bits per heavy atom. The molecule has 2 aromatic carbocycles. The largest absolute Gasteiger partial charge is 0.492 e. The number of nitrogens with one attached hydrogen (secondary N) is 1. The van der Waals surface area contributed by atoms with Gasteiger partial charge in [-0.05, 0) is 71.9 Å². The van der Waals surface area contributed by atoms with E-state index in [4.69, 9.17) is 21.1 Å². The standard InChI is InChI=1S/C25H25BrClNO4S/c1-4-31-25(30)18-14-20(17-9-6-5-7-10-17)33-24(18)28-21(29)11-8-12-32-19-13-15(2)23(27)16(3)22(19)26/h5-7,9-10,13-14H,4,8,11-12H2,1-3H3,(H,28,29). The van der Waals surface area contributed by atoms with Gasteiger partial charge in [0.15, 0.2) is 0 Å². The van der Waals surface area contributed by atoms with E-state index in [1.807, 2.05) is 50.2 Å². The van der Waals surface area contributed by atoms with Gasteiger partial charge in [0.05, 0.1) is 23.2 Å². The van der Waals surface area contributed by atoms with Crippen LogP contribution in [0.1, 0.15) is 41.3 Å². The van der Waals surface area contributed by atoms with Crippen molar-refractivity contribution >= 4 is 55.7 Å². The SMILES string of the molecule is CCOC(=O)c1cc(-c2ccccc2)sc1NC(=O)CCCOc1cc(C)c(Cl)c(C)c1Br. The summed E-state index contributed by atoms with van der Waals surface area (Å²) in [5.41, 5.74) is 3.19. The summed E-state index contributed by atoms with van der Waals surface area (Å²) in [5, 5.41) is 4.07. The second-order valence-corrected chi connectivity index (χ2v) is 9.61. The van der Waals surface area contributed by atoms with Gasteiger partial charge in [-0.2, -0.15) is 0 Å². The summed E-state index contributed by atoms with van der Waals surface area (Å²) in [6, 6.07) is 13.4. The monoisotopic (exact) mass is 549 g/mol. The lowest BCUT2D eigenvalue weighted by molar-refractivity contribution is -0.116. The van der Waals surface area contributed by atoms with E-state index in [-0.39, 0.29) is 18.9 Å². The zero-order valence-corrected chi connectivity index (χ0v) is 21.8. The highest BCUT2D eigenvalue weighted by atomic mass is 79.9. The number of anilines is 1. The molecule has 1 heterocycles. The van der Waals surface area contributed by atoms with Gasteiger partial charge in [-0.25, -0.2) is 4.79 Å². The maximum absolute atomic E-state index is 12.6. The fourth-order valence-electron chi connectivity index (χ4n) is 3.20. The molecule has 174 valence electrons. The Bertz CT molecular complexity index is 1150. The molecule has 0 aliphatic heterocycles. The fraction of sp³-hybridized carbons (Fsp3) is 0.280. The van der Waals surface area contributed by atoms with E-state index >= 15 is 0 Å². The van der Waals surface area contributed by atoms with Gasteiger partial charge in [0.1, 0.15) is 10.8 Å². The van der Waals surface area contributed by atoms with Crippen LogP contribution in [0.15, 0.2) is 46.9 Å². The summed E-state index contributed by atoms with van der Waals surface area (Å²) in [4.78, 5) is 25.9. The number of rotatable bonds is 9. The molecule has 0 saturated heterocycles. The molecule has 1 amide bonds. The van der Waals surface area contributed by atoms with Gasteiger partial charge in [0, 0.05) is 16.3 Å². The van der Waals surface area contributed by atoms with Crippen molar-refractivity contribution in [3.05, 3.63) is 68.7 Å². The maximum atomic E-state index is 12.6. The molecule has 8 heteroatoms. The van der Waals surface area contributed by atoms with Crippen LogP contribution < -0.4 is 10.1 Å². The van der Waals surface area contributed by atoms with Crippen molar-refractivity contribution < 1.29 is 19.1 Å². The first kappa shape index (κ1) is 25.3. The molecular weight excluding hydrogens is 526 g/mol. The van der Waals surface area contributed by atoms with Gasteiger partial charge < -0.3 is 14.8 Å². The summed E-state index contributed by atoms with van der Waals surface area (Å²) < 4.78 is 11.8. The molecule has 0 saturated carbocycles. The van der Waals surface area contributed by atoms with Crippen molar-refractivity contribution in [3.8, 4) is 16.2 Å². The maximum Gasteiger partial charge on any atom is 0.341 e. The Hall–Kier alpha value is -2.35. The van der Waals surface area contributed by atoms with Crippen LogP contribution in [0.4, 0.5) is 5.00 Å². The Kier molecular flexibility index (Phi) is 8.95. The number of thiophene rings is 1. The molecule has 0 atom stereocenters. The molecule has 5 nitrogen and oxygen atoms in total. The van der Waals surface area contributed by atoms with Gasteiger partial charge in [-0.3, -0.25) is 4.79 Å². The molecule has 0 bridgehead atoms. The van der Waals surface area contributed by atoms with Crippen LogP contribution in [0.25, 0.3) is 10.4 Å². The summed E-state index contributed by atoms with van der Waals surface area (Å²) in [6.07, 6.45) is 0.772. The molecule has 1 aromatic heterocycles. The summed E-state index contributed by atoms with van der Waals surface area (Å²) in [6.45, 7) is 6.23. The minimum absolute atomic E-state index is 0.187. The van der Waals surface area contributed by atoms with Crippen LogP contribution in [0.2, 0.25) is 5.02 Å². The Labute approximate surface area is 211 Å². The molecule has 3 aromatic rings. The van der Waals surface area contributed by atoms with Gasteiger partial charge in [0.2, 0.25) is 5.91 Å². The molecule has 3 rings (SSSR count). The van der Waals surface area contributed by atoms with Crippen molar-refractivity contribution in [2.24, 2.45) is 0 Å². The smallest absolute Gasteiger partial charge is 0.341 e. The van der Waals surface area contributed by atoms with E-state index in [1.165, 1.54) is 11.3 Å². The second-order valence-electron chi connectivity index (χ2n) is 7.38. The third-order valence-corrected chi connectivity index (χ3v) is 7.58. The van der Waals surface area contributed by atoms with Crippen molar-refractivity contribution in [1.82, 2.24) is 0 Å². The highest BCUT2D eigenvalue weighted by molar-refractivity contribution is 9.10. The van der Waals surface area contributed by atoms with Crippen LogP contribution in [0, 0.1) is 13.8 Å². The predicted octanol–water partition coefficient (Wildman–Crippen LogP) is 7.42.